The monoisotopic (exact) mass is 247 g/mol. The highest BCUT2D eigenvalue weighted by molar-refractivity contribution is 6.29. The molecule has 1 saturated heterocycles. The van der Waals surface area contributed by atoms with Gasteiger partial charge in [0.25, 0.3) is 5.91 Å². The third kappa shape index (κ3) is 2.29. The van der Waals surface area contributed by atoms with Gasteiger partial charge in [0.2, 0.25) is 0 Å². The van der Waals surface area contributed by atoms with Crippen molar-refractivity contribution in [1.82, 2.24) is 4.90 Å². The molecule has 1 amide bonds. The van der Waals surface area contributed by atoms with Gasteiger partial charge >= 0.3 is 0 Å². The van der Waals surface area contributed by atoms with E-state index in [1.165, 1.54) is 0 Å². The van der Waals surface area contributed by atoms with Gasteiger partial charge in [-0.1, -0.05) is 0 Å². The van der Waals surface area contributed by atoms with Crippen LogP contribution in [-0.4, -0.2) is 29.8 Å². The molecular weight excluding hydrogens is 237 g/mol. The smallest absolute Gasteiger partial charge is 0.289 e. The van der Waals surface area contributed by atoms with Gasteiger partial charge in [0.15, 0.2) is 11.0 Å². The van der Waals surface area contributed by atoms with Gasteiger partial charge in [-0.05, 0) is 36.1 Å². The summed E-state index contributed by atoms with van der Waals surface area (Å²) in [6, 6.07) is 3.17. The van der Waals surface area contributed by atoms with Crippen LogP contribution in [0.15, 0.2) is 16.5 Å². The lowest BCUT2D eigenvalue weighted by Gasteiger charge is -2.13. The Balaban J connectivity index is 2.03. The zero-order valence-electron chi connectivity index (χ0n) is 8.08. The molecule has 1 aromatic rings. The van der Waals surface area contributed by atoms with Crippen LogP contribution < -0.4 is 0 Å². The van der Waals surface area contributed by atoms with Crippen LogP contribution in [0.3, 0.4) is 0 Å². The lowest BCUT2D eigenvalue weighted by molar-refractivity contribution is 0.0757. The van der Waals surface area contributed by atoms with E-state index in [4.69, 9.17) is 27.6 Å². The van der Waals surface area contributed by atoms with Crippen LogP contribution in [0.25, 0.3) is 0 Å². The number of alkyl halides is 1. The van der Waals surface area contributed by atoms with Gasteiger partial charge in [0.05, 0.1) is 0 Å². The van der Waals surface area contributed by atoms with E-state index in [0.29, 0.717) is 24.1 Å². The normalized spacial score (nSPS) is 20.9. The van der Waals surface area contributed by atoms with E-state index < -0.39 is 0 Å². The van der Waals surface area contributed by atoms with Crippen LogP contribution in [0.4, 0.5) is 0 Å². The first-order valence-electron chi connectivity index (χ1n) is 4.81. The standard InChI is InChI=1S/C10H11Cl2NO2/c11-5-7-3-4-13(6-7)10(14)8-1-2-9(12)15-8/h1-2,7H,3-6H2. The maximum absolute atomic E-state index is 11.9. The van der Waals surface area contributed by atoms with E-state index in [1.807, 2.05) is 0 Å². The molecule has 2 rings (SSSR count). The van der Waals surface area contributed by atoms with E-state index in [-0.39, 0.29) is 11.1 Å². The predicted molar refractivity (Wildman–Crippen MR) is 58.4 cm³/mol. The van der Waals surface area contributed by atoms with E-state index >= 15 is 0 Å². The maximum Gasteiger partial charge on any atom is 0.289 e. The molecule has 1 atom stereocenters. The Morgan fingerprint density at radius 2 is 2.40 bits per heavy atom. The van der Waals surface area contributed by atoms with Crippen molar-refractivity contribution in [3.63, 3.8) is 0 Å². The van der Waals surface area contributed by atoms with Crippen molar-refractivity contribution in [2.45, 2.75) is 6.42 Å². The van der Waals surface area contributed by atoms with Crippen molar-refractivity contribution < 1.29 is 9.21 Å². The highest BCUT2D eigenvalue weighted by Gasteiger charge is 2.27. The number of furan rings is 1. The fourth-order valence-corrected chi connectivity index (χ4v) is 2.13. The molecule has 0 aliphatic carbocycles. The Labute approximate surface area is 97.9 Å². The number of halogens is 2. The minimum absolute atomic E-state index is 0.102. The molecule has 0 N–H and O–H groups in total. The lowest BCUT2D eigenvalue weighted by atomic mass is 10.2. The second-order valence-electron chi connectivity index (χ2n) is 3.66. The number of nitrogens with zero attached hydrogens (tertiary/aromatic N) is 1. The molecule has 0 radical (unpaired) electrons. The van der Waals surface area contributed by atoms with E-state index in [1.54, 1.807) is 17.0 Å². The van der Waals surface area contributed by atoms with Gasteiger partial charge in [-0.2, -0.15) is 0 Å². The molecule has 0 spiro atoms. The first-order valence-corrected chi connectivity index (χ1v) is 5.72. The summed E-state index contributed by atoms with van der Waals surface area (Å²) in [6.07, 6.45) is 0.962. The summed E-state index contributed by atoms with van der Waals surface area (Å²) in [5.41, 5.74) is 0. The Kier molecular flexibility index (Phi) is 3.22. The summed E-state index contributed by atoms with van der Waals surface area (Å²) >= 11 is 11.4. The Hall–Kier alpha value is -0.670. The average Bonchev–Trinajstić information content (AvgIpc) is 2.84. The molecule has 0 aromatic carbocycles. The van der Waals surface area contributed by atoms with Crippen LogP contribution in [0.2, 0.25) is 5.22 Å². The molecule has 1 aliphatic heterocycles. The van der Waals surface area contributed by atoms with Gasteiger partial charge in [-0.15, -0.1) is 11.6 Å². The number of carbonyl (C=O) groups is 1. The molecule has 3 nitrogen and oxygen atoms in total. The number of hydrogen-bond acceptors (Lipinski definition) is 2. The zero-order valence-corrected chi connectivity index (χ0v) is 9.59. The second-order valence-corrected chi connectivity index (χ2v) is 4.35. The van der Waals surface area contributed by atoms with Crippen LogP contribution in [0.1, 0.15) is 17.0 Å². The molecule has 1 fully saturated rings. The van der Waals surface area contributed by atoms with Crippen LogP contribution in [0, 0.1) is 5.92 Å². The van der Waals surface area contributed by atoms with E-state index in [2.05, 4.69) is 0 Å². The largest absolute Gasteiger partial charge is 0.440 e. The average molecular weight is 248 g/mol. The van der Waals surface area contributed by atoms with Gasteiger partial charge in [0, 0.05) is 19.0 Å². The molecule has 1 aromatic heterocycles. The molecule has 0 bridgehead atoms. The Morgan fingerprint density at radius 3 is 2.93 bits per heavy atom. The quantitative estimate of drug-likeness (QED) is 0.754. The molecule has 0 saturated carbocycles. The van der Waals surface area contributed by atoms with Crippen LogP contribution in [0.5, 0.6) is 0 Å². The predicted octanol–water partition coefficient (Wildman–Crippen LogP) is 2.63. The highest BCUT2D eigenvalue weighted by atomic mass is 35.5. The Bertz CT molecular complexity index is 364. The zero-order chi connectivity index (χ0) is 10.8. The fraction of sp³-hybridized carbons (Fsp3) is 0.500. The minimum atomic E-state index is -0.102. The fourth-order valence-electron chi connectivity index (χ4n) is 1.73. The minimum Gasteiger partial charge on any atom is -0.440 e. The Morgan fingerprint density at radius 1 is 1.60 bits per heavy atom. The number of rotatable bonds is 2. The first kappa shape index (κ1) is 10.8. The van der Waals surface area contributed by atoms with Crippen molar-refractivity contribution in [2.24, 2.45) is 5.92 Å². The molecule has 1 aliphatic rings. The van der Waals surface area contributed by atoms with Crippen molar-refractivity contribution in [2.75, 3.05) is 19.0 Å². The molecule has 5 heteroatoms. The van der Waals surface area contributed by atoms with Crippen LogP contribution in [-0.2, 0) is 0 Å². The summed E-state index contributed by atoms with van der Waals surface area (Å²) in [7, 11) is 0. The summed E-state index contributed by atoms with van der Waals surface area (Å²) < 4.78 is 5.07. The number of amides is 1. The SMILES string of the molecule is O=C(c1ccc(Cl)o1)N1CCC(CCl)C1. The molecule has 82 valence electrons. The summed E-state index contributed by atoms with van der Waals surface area (Å²) in [5, 5.41) is 0.242. The van der Waals surface area contributed by atoms with Crippen molar-refractivity contribution in [3.8, 4) is 0 Å². The summed E-state index contributed by atoms with van der Waals surface area (Å²) in [5.74, 6) is 1.20. The highest BCUT2D eigenvalue weighted by Crippen LogP contribution is 2.21. The van der Waals surface area contributed by atoms with Crippen molar-refractivity contribution >= 4 is 29.1 Å². The van der Waals surface area contributed by atoms with Crippen LogP contribution >= 0.6 is 23.2 Å². The van der Waals surface area contributed by atoms with Gasteiger partial charge in [-0.25, -0.2) is 0 Å². The molecular formula is C10H11Cl2NO2. The number of likely N-dealkylation sites (tertiary alicyclic amines) is 1. The van der Waals surface area contributed by atoms with Gasteiger partial charge < -0.3 is 9.32 Å². The topological polar surface area (TPSA) is 33.5 Å². The number of carbonyl (C=O) groups excluding carboxylic acids is 1. The van der Waals surface area contributed by atoms with E-state index in [0.717, 1.165) is 13.0 Å². The first-order chi connectivity index (χ1) is 7.20. The van der Waals surface area contributed by atoms with Gasteiger partial charge in [0.1, 0.15) is 0 Å². The summed E-state index contributed by atoms with van der Waals surface area (Å²) in [4.78, 5) is 13.6. The lowest BCUT2D eigenvalue weighted by Crippen LogP contribution is -2.28. The van der Waals surface area contributed by atoms with Crippen molar-refractivity contribution in [1.29, 1.82) is 0 Å². The maximum atomic E-state index is 11.9. The van der Waals surface area contributed by atoms with Crippen molar-refractivity contribution in [3.05, 3.63) is 23.1 Å². The van der Waals surface area contributed by atoms with E-state index in [9.17, 15) is 4.79 Å². The molecule has 1 unspecified atom stereocenters. The second kappa shape index (κ2) is 4.45. The molecule has 15 heavy (non-hydrogen) atoms. The summed E-state index contributed by atoms with van der Waals surface area (Å²) in [6.45, 7) is 1.45. The third-order valence-corrected chi connectivity index (χ3v) is 3.21. The molecule has 2 heterocycles. The van der Waals surface area contributed by atoms with Gasteiger partial charge in [-0.3, -0.25) is 4.79 Å². The third-order valence-electron chi connectivity index (χ3n) is 2.58. The number of hydrogen-bond donors (Lipinski definition) is 0.